The molecule has 1 saturated heterocycles. The van der Waals surface area contributed by atoms with Crippen molar-refractivity contribution < 1.29 is 19.1 Å². The second-order valence-electron chi connectivity index (χ2n) is 6.61. The highest BCUT2D eigenvalue weighted by Gasteiger charge is 2.24. The molecule has 0 bridgehead atoms. The molecule has 2 heterocycles. The van der Waals surface area contributed by atoms with Gasteiger partial charge in [0.25, 0.3) is 0 Å². The van der Waals surface area contributed by atoms with Crippen molar-refractivity contribution in [2.24, 2.45) is 5.92 Å². The minimum absolute atomic E-state index is 0.000908. The summed E-state index contributed by atoms with van der Waals surface area (Å²) < 4.78 is 5.47. The van der Waals surface area contributed by atoms with Gasteiger partial charge in [0.15, 0.2) is 0 Å². The Kier molecular flexibility index (Phi) is 5.93. The van der Waals surface area contributed by atoms with Crippen molar-refractivity contribution in [3.63, 3.8) is 0 Å². The van der Waals surface area contributed by atoms with Gasteiger partial charge in [-0.3, -0.25) is 9.59 Å². The van der Waals surface area contributed by atoms with E-state index in [0.717, 1.165) is 18.4 Å². The zero-order valence-corrected chi connectivity index (χ0v) is 15.1. The zero-order chi connectivity index (χ0) is 18.5. The third-order valence-electron chi connectivity index (χ3n) is 4.61. The highest BCUT2D eigenvalue weighted by atomic mass is 35.5. The number of nitrogens with zero attached hydrogens (tertiary/aromatic N) is 2. The molecule has 26 heavy (non-hydrogen) atoms. The summed E-state index contributed by atoms with van der Waals surface area (Å²) in [6.45, 7) is 1.33. The van der Waals surface area contributed by atoms with Gasteiger partial charge in [-0.05, 0) is 49.4 Å². The summed E-state index contributed by atoms with van der Waals surface area (Å²) in [5.41, 5.74) is 1.40. The first-order valence-electron chi connectivity index (χ1n) is 8.71. The Hall–Kier alpha value is -2.34. The third-order valence-corrected chi connectivity index (χ3v) is 4.87. The van der Waals surface area contributed by atoms with Crippen LogP contribution < -0.4 is 0 Å². The molecule has 1 aromatic heterocycles. The van der Waals surface area contributed by atoms with Crippen LogP contribution in [-0.4, -0.2) is 40.0 Å². The van der Waals surface area contributed by atoms with Gasteiger partial charge < -0.3 is 14.4 Å². The van der Waals surface area contributed by atoms with E-state index in [0.29, 0.717) is 36.1 Å². The summed E-state index contributed by atoms with van der Waals surface area (Å²) >= 11 is 5.88. The van der Waals surface area contributed by atoms with Crippen molar-refractivity contribution in [2.75, 3.05) is 13.1 Å². The number of aromatic nitrogens is 1. The van der Waals surface area contributed by atoms with Crippen molar-refractivity contribution in [3.05, 3.63) is 41.2 Å². The molecule has 0 saturated carbocycles. The lowest BCUT2D eigenvalue weighted by atomic mass is 9.93. The topological polar surface area (TPSA) is 83.6 Å². The second kappa shape index (κ2) is 8.36. The monoisotopic (exact) mass is 376 g/mol. The molecule has 7 heteroatoms. The molecule has 6 nitrogen and oxygen atoms in total. The Balaban J connectivity index is 1.57. The van der Waals surface area contributed by atoms with Crippen LogP contribution in [0.5, 0.6) is 0 Å². The molecule has 1 N–H and O–H groups in total. The molecule has 1 aromatic carbocycles. The molecular weight excluding hydrogens is 356 g/mol. The fourth-order valence-corrected chi connectivity index (χ4v) is 3.36. The van der Waals surface area contributed by atoms with E-state index >= 15 is 0 Å². The normalized spacial score (nSPS) is 17.3. The first-order chi connectivity index (χ1) is 12.5. The van der Waals surface area contributed by atoms with Gasteiger partial charge in [0.05, 0.1) is 12.1 Å². The number of piperidine rings is 1. The molecule has 1 aliphatic heterocycles. The molecule has 0 spiro atoms. The molecule has 2 aromatic rings. The summed E-state index contributed by atoms with van der Waals surface area (Å²) in [6.07, 6.45) is 4.34. The van der Waals surface area contributed by atoms with Crippen molar-refractivity contribution >= 4 is 23.5 Å². The predicted octanol–water partition coefficient (Wildman–Crippen LogP) is 3.64. The lowest BCUT2D eigenvalue weighted by Crippen LogP contribution is -2.40. The van der Waals surface area contributed by atoms with Gasteiger partial charge in [-0.1, -0.05) is 11.6 Å². The lowest BCUT2D eigenvalue weighted by molar-refractivity contribution is -0.137. The number of carbonyl (C=O) groups is 2. The van der Waals surface area contributed by atoms with Crippen LogP contribution in [0.25, 0.3) is 11.5 Å². The minimum Gasteiger partial charge on any atom is -0.481 e. The molecule has 0 aliphatic carbocycles. The third kappa shape index (κ3) is 4.85. The number of likely N-dealkylation sites (tertiary alicyclic amines) is 1. The Labute approximate surface area is 156 Å². The molecule has 1 atom stereocenters. The number of amides is 1. The highest BCUT2D eigenvalue weighted by Crippen LogP contribution is 2.23. The number of hydrogen-bond acceptors (Lipinski definition) is 4. The fraction of sp³-hybridized carbons (Fsp3) is 0.421. The van der Waals surface area contributed by atoms with Gasteiger partial charge in [0.2, 0.25) is 11.8 Å². The maximum Gasteiger partial charge on any atom is 0.303 e. The largest absolute Gasteiger partial charge is 0.481 e. The van der Waals surface area contributed by atoms with Gasteiger partial charge in [0, 0.05) is 30.1 Å². The summed E-state index contributed by atoms with van der Waals surface area (Å²) in [5.74, 6) is -0.0695. The van der Waals surface area contributed by atoms with Gasteiger partial charge in [-0.15, -0.1) is 0 Å². The second-order valence-corrected chi connectivity index (χ2v) is 7.04. The quantitative estimate of drug-likeness (QED) is 0.832. The SMILES string of the molecule is O=C(O)CC[C@@H]1CCCN(C(=O)Cc2coc(-c3ccc(Cl)cc3)n2)C1. The molecule has 1 amide bonds. The molecular formula is C19H21ClN2O4. The number of carboxylic acids is 1. The number of carboxylic acid groups (broad SMARTS) is 1. The van der Waals surface area contributed by atoms with Crippen LogP contribution in [0.1, 0.15) is 31.4 Å². The van der Waals surface area contributed by atoms with E-state index in [9.17, 15) is 9.59 Å². The molecule has 1 fully saturated rings. The van der Waals surface area contributed by atoms with E-state index in [1.165, 1.54) is 6.26 Å². The Morgan fingerprint density at radius 3 is 2.81 bits per heavy atom. The summed E-state index contributed by atoms with van der Waals surface area (Å²) in [7, 11) is 0. The number of oxazole rings is 1. The standard InChI is InChI=1S/C19H21ClN2O4/c20-15-6-4-14(5-7-15)19-21-16(12-26-19)10-17(23)22-9-1-2-13(11-22)3-8-18(24)25/h4-7,12-13H,1-3,8-11H2,(H,24,25)/t13-/m0/s1. The van der Waals surface area contributed by atoms with E-state index in [4.69, 9.17) is 21.1 Å². The van der Waals surface area contributed by atoms with E-state index in [-0.39, 0.29) is 24.7 Å². The minimum atomic E-state index is -0.786. The van der Waals surface area contributed by atoms with Crippen molar-refractivity contribution in [3.8, 4) is 11.5 Å². The highest BCUT2D eigenvalue weighted by molar-refractivity contribution is 6.30. The first-order valence-corrected chi connectivity index (χ1v) is 9.09. The Bertz CT molecular complexity index is 772. The zero-order valence-electron chi connectivity index (χ0n) is 14.4. The van der Waals surface area contributed by atoms with Crippen molar-refractivity contribution in [2.45, 2.75) is 32.1 Å². The van der Waals surface area contributed by atoms with Crippen LogP contribution in [0.3, 0.4) is 0 Å². The van der Waals surface area contributed by atoms with Crippen molar-refractivity contribution in [1.82, 2.24) is 9.88 Å². The van der Waals surface area contributed by atoms with Crippen LogP contribution in [0.15, 0.2) is 34.9 Å². The first kappa shape index (κ1) is 18.5. The van der Waals surface area contributed by atoms with Crippen LogP contribution in [0.4, 0.5) is 0 Å². The van der Waals surface area contributed by atoms with Crippen LogP contribution >= 0.6 is 11.6 Å². The maximum atomic E-state index is 12.6. The number of halogens is 1. The van der Waals surface area contributed by atoms with Crippen LogP contribution in [-0.2, 0) is 16.0 Å². The van der Waals surface area contributed by atoms with E-state index in [1.807, 2.05) is 17.0 Å². The number of hydrogen-bond donors (Lipinski definition) is 1. The molecule has 3 rings (SSSR count). The Morgan fingerprint density at radius 2 is 2.08 bits per heavy atom. The molecule has 1 aliphatic rings. The van der Waals surface area contributed by atoms with Gasteiger partial charge in [-0.25, -0.2) is 4.98 Å². The average Bonchev–Trinajstić information content (AvgIpc) is 3.09. The van der Waals surface area contributed by atoms with Crippen LogP contribution in [0, 0.1) is 5.92 Å². The molecule has 0 unspecified atom stereocenters. The summed E-state index contributed by atoms with van der Waals surface area (Å²) in [6, 6.07) is 7.16. The average molecular weight is 377 g/mol. The van der Waals surface area contributed by atoms with E-state index in [2.05, 4.69) is 4.98 Å². The van der Waals surface area contributed by atoms with E-state index < -0.39 is 5.97 Å². The number of aliphatic carboxylic acids is 1. The predicted molar refractivity (Wildman–Crippen MR) is 96.8 cm³/mol. The van der Waals surface area contributed by atoms with Gasteiger partial charge >= 0.3 is 5.97 Å². The van der Waals surface area contributed by atoms with Crippen molar-refractivity contribution in [1.29, 1.82) is 0 Å². The van der Waals surface area contributed by atoms with E-state index in [1.54, 1.807) is 12.1 Å². The van der Waals surface area contributed by atoms with Crippen LogP contribution in [0.2, 0.25) is 5.02 Å². The number of carbonyl (C=O) groups excluding carboxylic acids is 1. The molecule has 0 radical (unpaired) electrons. The smallest absolute Gasteiger partial charge is 0.303 e. The van der Waals surface area contributed by atoms with Gasteiger partial charge in [0.1, 0.15) is 6.26 Å². The summed E-state index contributed by atoms with van der Waals surface area (Å²) in [5, 5.41) is 9.46. The fourth-order valence-electron chi connectivity index (χ4n) is 3.23. The number of benzene rings is 1. The Morgan fingerprint density at radius 1 is 1.31 bits per heavy atom. The molecule has 138 valence electrons. The number of rotatable bonds is 6. The lowest BCUT2D eigenvalue weighted by Gasteiger charge is -2.32. The van der Waals surface area contributed by atoms with Gasteiger partial charge in [-0.2, -0.15) is 0 Å². The summed E-state index contributed by atoms with van der Waals surface area (Å²) in [4.78, 5) is 29.5. The maximum absolute atomic E-state index is 12.6.